The fourth-order valence-electron chi connectivity index (χ4n) is 2.04. The molecule has 1 aromatic rings. The summed E-state index contributed by atoms with van der Waals surface area (Å²) in [7, 11) is 0. The SMILES string of the molecule is CC1C(=O)NC(=O)CN1c1ccc(C=CC(=O)O)cc1F. The first-order valence-corrected chi connectivity index (χ1v) is 6.19. The van der Waals surface area contributed by atoms with E-state index in [1.54, 1.807) is 6.92 Å². The normalized spacial score (nSPS) is 19.0. The van der Waals surface area contributed by atoms with Crippen molar-refractivity contribution in [2.45, 2.75) is 13.0 Å². The van der Waals surface area contributed by atoms with Crippen LogP contribution in [0, 0.1) is 5.82 Å². The number of amides is 2. The number of nitrogens with one attached hydrogen (secondary N) is 1. The lowest BCUT2D eigenvalue weighted by Crippen LogP contribution is -2.57. The number of hydrogen-bond donors (Lipinski definition) is 2. The Bertz CT molecular complexity index is 642. The van der Waals surface area contributed by atoms with Crippen LogP contribution in [0.2, 0.25) is 0 Å². The van der Waals surface area contributed by atoms with E-state index < -0.39 is 29.6 Å². The summed E-state index contributed by atoms with van der Waals surface area (Å²) in [6.45, 7) is 1.45. The average Bonchev–Trinajstić information content (AvgIpc) is 2.41. The minimum absolute atomic E-state index is 0.117. The van der Waals surface area contributed by atoms with E-state index in [0.29, 0.717) is 5.56 Å². The minimum atomic E-state index is -1.13. The molecule has 0 radical (unpaired) electrons. The molecule has 0 spiro atoms. The smallest absolute Gasteiger partial charge is 0.328 e. The molecule has 2 N–H and O–H groups in total. The summed E-state index contributed by atoms with van der Waals surface area (Å²) in [4.78, 5) is 34.7. The van der Waals surface area contributed by atoms with Gasteiger partial charge in [-0.25, -0.2) is 9.18 Å². The van der Waals surface area contributed by atoms with Crippen molar-refractivity contribution >= 4 is 29.5 Å². The van der Waals surface area contributed by atoms with E-state index in [9.17, 15) is 18.8 Å². The van der Waals surface area contributed by atoms with E-state index in [2.05, 4.69) is 5.32 Å². The van der Waals surface area contributed by atoms with Crippen LogP contribution >= 0.6 is 0 Å². The molecule has 1 saturated heterocycles. The molecule has 2 amide bonds. The summed E-state index contributed by atoms with van der Waals surface area (Å²) in [6, 6.07) is 3.41. The number of aliphatic carboxylic acids is 1. The molecule has 1 unspecified atom stereocenters. The first kappa shape index (κ1) is 14.7. The average molecular weight is 292 g/mol. The topological polar surface area (TPSA) is 86.7 Å². The predicted molar refractivity (Wildman–Crippen MR) is 73.0 cm³/mol. The van der Waals surface area contributed by atoms with Crippen LogP contribution in [-0.2, 0) is 14.4 Å². The Morgan fingerprint density at radius 2 is 2.19 bits per heavy atom. The van der Waals surface area contributed by atoms with Crippen molar-refractivity contribution in [3.63, 3.8) is 0 Å². The number of carbonyl (C=O) groups excluding carboxylic acids is 2. The van der Waals surface area contributed by atoms with Gasteiger partial charge in [0.1, 0.15) is 11.9 Å². The third kappa shape index (κ3) is 3.25. The van der Waals surface area contributed by atoms with Crippen LogP contribution in [0.5, 0.6) is 0 Å². The van der Waals surface area contributed by atoms with Gasteiger partial charge >= 0.3 is 5.97 Å². The number of carbonyl (C=O) groups is 3. The van der Waals surface area contributed by atoms with Gasteiger partial charge in [-0.05, 0) is 30.7 Å². The Balaban J connectivity index is 2.30. The van der Waals surface area contributed by atoms with Crippen molar-refractivity contribution in [2.24, 2.45) is 0 Å². The maximum atomic E-state index is 14.1. The maximum absolute atomic E-state index is 14.1. The van der Waals surface area contributed by atoms with E-state index in [4.69, 9.17) is 5.11 Å². The molecule has 0 saturated carbocycles. The molecule has 1 fully saturated rings. The molecular formula is C14H13FN2O4. The number of piperazine rings is 1. The highest BCUT2D eigenvalue weighted by atomic mass is 19.1. The molecule has 1 heterocycles. The molecule has 1 aliphatic rings. The van der Waals surface area contributed by atoms with E-state index in [0.717, 1.165) is 12.1 Å². The zero-order chi connectivity index (χ0) is 15.6. The van der Waals surface area contributed by atoms with Gasteiger partial charge in [0.2, 0.25) is 11.8 Å². The Morgan fingerprint density at radius 1 is 1.48 bits per heavy atom. The van der Waals surface area contributed by atoms with E-state index in [-0.39, 0.29) is 12.2 Å². The standard InChI is InChI=1S/C14H13FN2O4/c1-8-14(21)16-12(18)7-17(8)11-4-2-9(6-10(11)15)3-5-13(19)20/h2-6,8H,7H2,1H3,(H,19,20)(H,16,18,21). The summed E-state index contributed by atoms with van der Waals surface area (Å²) in [6.07, 6.45) is 2.15. The van der Waals surface area contributed by atoms with Crippen molar-refractivity contribution in [1.82, 2.24) is 5.32 Å². The lowest BCUT2D eigenvalue weighted by molar-refractivity contribution is -0.133. The van der Waals surface area contributed by atoms with Crippen LogP contribution in [-0.4, -0.2) is 35.5 Å². The number of carboxylic acids is 1. The Hall–Kier alpha value is -2.70. The quantitative estimate of drug-likeness (QED) is 0.635. The van der Waals surface area contributed by atoms with Gasteiger partial charge in [-0.1, -0.05) is 6.07 Å². The number of anilines is 1. The van der Waals surface area contributed by atoms with Gasteiger partial charge in [-0.2, -0.15) is 0 Å². The predicted octanol–water partition coefficient (Wildman–Crippen LogP) is 0.775. The lowest BCUT2D eigenvalue weighted by Gasteiger charge is -2.33. The molecule has 0 aliphatic carbocycles. The zero-order valence-electron chi connectivity index (χ0n) is 11.2. The number of carboxylic acid groups (broad SMARTS) is 1. The van der Waals surface area contributed by atoms with Gasteiger partial charge in [0.05, 0.1) is 12.2 Å². The molecule has 21 heavy (non-hydrogen) atoms. The largest absolute Gasteiger partial charge is 0.478 e. The summed E-state index contributed by atoms with van der Waals surface area (Å²) in [5.41, 5.74) is 0.497. The van der Waals surface area contributed by atoms with Crippen molar-refractivity contribution < 1.29 is 23.9 Å². The van der Waals surface area contributed by atoms with Crippen LogP contribution in [0.1, 0.15) is 12.5 Å². The van der Waals surface area contributed by atoms with Gasteiger partial charge in [0.25, 0.3) is 0 Å². The van der Waals surface area contributed by atoms with Crippen LogP contribution < -0.4 is 10.2 Å². The van der Waals surface area contributed by atoms with Gasteiger partial charge in [-0.3, -0.25) is 14.9 Å². The van der Waals surface area contributed by atoms with Gasteiger partial charge in [0.15, 0.2) is 0 Å². The van der Waals surface area contributed by atoms with Gasteiger partial charge in [-0.15, -0.1) is 0 Å². The molecule has 0 aromatic heterocycles. The fourth-order valence-corrected chi connectivity index (χ4v) is 2.04. The number of imide groups is 1. The summed E-state index contributed by atoms with van der Waals surface area (Å²) in [5.74, 6) is -2.74. The van der Waals surface area contributed by atoms with Crippen molar-refractivity contribution in [3.05, 3.63) is 35.7 Å². The van der Waals surface area contributed by atoms with Crippen LogP contribution in [0.3, 0.4) is 0 Å². The molecule has 1 atom stereocenters. The summed E-state index contributed by atoms with van der Waals surface area (Å²) >= 11 is 0. The number of halogens is 1. The molecule has 0 bridgehead atoms. The second-order valence-corrected chi connectivity index (χ2v) is 4.60. The Labute approximate surface area is 119 Å². The molecule has 2 rings (SSSR count). The van der Waals surface area contributed by atoms with E-state index in [1.165, 1.54) is 23.1 Å². The highest BCUT2D eigenvalue weighted by Gasteiger charge is 2.31. The molecule has 1 aliphatic heterocycles. The maximum Gasteiger partial charge on any atom is 0.328 e. The molecular weight excluding hydrogens is 279 g/mol. The fraction of sp³-hybridized carbons (Fsp3) is 0.214. The summed E-state index contributed by atoms with van der Waals surface area (Å²) < 4.78 is 14.1. The third-order valence-electron chi connectivity index (χ3n) is 3.12. The van der Waals surface area contributed by atoms with Crippen LogP contribution in [0.4, 0.5) is 10.1 Å². The molecule has 1 aromatic carbocycles. The molecule has 7 heteroatoms. The number of hydrogen-bond acceptors (Lipinski definition) is 4. The van der Waals surface area contributed by atoms with Crippen molar-refractivity contribution in [2.75, 3.05) is 11.4 Å². The first-order chi connectivity index (χ1) is 9.88. The van der Waals surface area contributed by atoms with Gasteiger partial charge < -0.3 is 10.0 Å². The van der Waals surface area contributed by atoms with Crippen LogP contribution in [0.25, 0.3) is 6.08 Å². The minimum Gasteiger partial charge on any atom is -0.478 e. The Morgan fingerprint density at radius 3 is 2.81 bits per heavy atom. The molecule has 6 nitrogen and oxygen atoms in total. The Kier molecular flexibility index (Phi) is 4.02. The lowest BCUT2D eigenvalue weighted by atomic mass is 10.1. The second kappa shape index (κ2) is 5.74. The van der Waals surface area contributed by atoms with Crippen molar-refractivity contribution in [1.29, 1.82) is 0 Å². The van der Waals surface area contributed by atoms with E-state index >= 15 is 0 Å². The first-order valence-electron chi connectivity index (χ1n) is 6.19. The second-order valence-electron chi connectivity index (χ2n) is 4.60. The highest BCUT2D eigenvalue weighted by Crippen LogP contribution is 2.24. The van der Waals surface area contributed by atoms with Gasteiger partial charge in [0, 0.05) is 6.08 Å². The number of nitrogens with zero attached hydrogens (tertiary/aromatic N) is 1. The monoisotopic (exact) mass is 292 g/mol. The third-order valence-corrected chi connectivity index (χ3v) is 3.12. The zero-order valence-corrected chi connectivity index (χ0v) is 11.2. The molecule has 110 valence electrons. The number of rotatable bonds is 3. The number of benzene rings is 1. The highest BCUT2D eigenvalue weighted by molar-refractivity contribution is 6.04. The van der Waals surface area contributed by atoms with Crippen molar-refractivity contribution in [3.8, 4) is 0 Å². The summed E-state index contributed by atoms with van der Waals surface area (Å²) in [5, 5.41) is 10.7. The van der Waals surface area contributed by atoms with E-state index in [1.807, 2.05) is 0 Å². The van der Waals surface area contributed by atoms with Crippen LogP contribution in [0.15, 0.2) is 24.3 Å².